The van der Waals surface area contributed by atoms with Crippen molar-refractivity contribution in [1.82, 2.24) is 19.0 Å². The number of likely N-dealkylation sites (N-methyl/N-ethyl adjacent to an activating group) is 1. The van der Waals surface area contributed by atoms with Gasteiger partial charge in [0.1, 0.15) is 11.5 Å². The number of ether oxygens (including phenoxy) is 1. The highest BCUT2D eigenvalue weighted by Gasteiger charge is 2.32. The van der Waals surface area contributed by atoms with E-state index in [1.165, 1.54) is 78.7 Å². The molecule has 1 saturated heterocycles. The van der Waals surface area contributed by atoms with Crippen molar-refractivity contribution in [2.75, 3.05) is 61.5 Å². The van der Waals surface area contributed by atoms with Crippen LogP contribution >= 0.6 is 0 Å². The third kappa shape index (κ3) is 11.1. The average Bonchev–Trinajstić information content (AvgIpc) is 2.95. The fraction of sp³-hybridized carbons (Fsp3) is 0.758. The van der Waals surface area contributed by atoms with Gasteiger partial charge in [0.15, 0.2) is 0 Å². The molecular formula is C33H58N4O5S. The van der Waals surface area contributed by atoms with Gasteiger partial charge in [0.2, 0.25) is 15.9 Å². The number of carbonyl (C=O) groups excluding carboxylic acids is 2. The van der Waals surface area contributed by atoms with Crippen molar-refractivity contribution in [3.05, 3.63) is 23.3 Å². The van der Waals surface area contributed by atoms with Crippen molar-refractivity contribution in [2.45, 2.75) is 102 Å². The first-order valence-electron chi connectivity index (χ1n) is 16.0. The van der Waals surface area contributed by atoms with Gasteiger partial charge in [-0.15, -0.1) is 0 Å². The van der Waals surface area contributed by atoms with E-state index in [2.05, 4.69) is 23.9 Å². The van der Waals surface area contributed by atoms with Crippen molar-refractivity contribution in [3.63, 3.8) is 0 Å². The first-order valence-corrected chi connectivity index (χ1v) is 17.4. The van der Waals surface area contributed by atoms with Crippen LogP contribution in [0.3, 0.4) is 0 Å². The van der Waals surface area contributed by atoms with Gasteiger partial charge in [-0.05, 0) is 128 Å². The quantitative estimate of drug-likeness (QED) is 0.333. The zero-order valence-electron chi connectivity index (χ0n) is 28.3. The summed E-state index contributed by atoms with van der Waals surface area (Å²) in [5, 5.41) is 0. The Morgan fingerprint density at radius 3 is 2.12 bits per heavy atom. The zero-order chi connectivity index (χ0) is 32.3. The van der Waals surface area contributed by atoms with Crippen molar-refractivity contribution >= 4 is 21.7 Å². The number of sulfonamides is 1. The smallest absolute Gasteiger partial charge is 0.243 e. The monoisotopic (exact) mass is 622 g/mol. The first-order chi connectivity index (χ1) is 20.2. The van der Waals surface area contributed by atoms with Gasteiger partial charge < -0.3 is 19.4 Å². The van der Waals surface area contributed by atoms with Gasteiger partial charge in [0, 0.05) is 39.5 Å². The Kier molecular flexibility index (Phi) is 15.1. The Hall–Kier alpha value is -2.01. The van der Waals surface area contributed by atoms with Crippen molar-refractivity contribution in [2.24, 2.45) is 5.92 Å². The fourth-order valence-corrected chi connectivity index (χ4v) is 7.97. The van der Waals surface area contributed by atoms with E-state index >= 15 is 0 Å². The molecule has 0 radical (unpaired) electrons. The Morgan fingerprint density at radius 1 is 1.00 bits per heavy atom. The maximum Gasteiger partial charge on any atom is 0.243 e. The minimum atomic E-state index is -3.68. The highest BCUT2D eigenvalue weighted by Crippen LogP contribution is 2.30. The maximum atomic E-state index is 12.6. The second-order valence-corrected chi connectivity index (χ2v) is 14.8. The second kappa shape index (κ2) is 17.5. The van der Waals surface area contributed by atoms with Gasteiger partial charge in [0.25, 0.3) is 0 Å². The molecule has 1 aliphatic heterocycles. The summed E-state index contributed by atoms with van der Waals surface area (Å²) < 4.78 is 31.5. The lowest BCUT2D eigenvalue weighted by Crippen LogP contribution is -2.48. The molecule has 2 unspecified atom stereocenters. The lowest BCUT2D eigenvalue weighted by Gasteiger charge is -2.43. The predicted molar refractivity (Wildman–Crippen MR) is 174 cm³/mol. The molecule has 9 nitrogen and oxygen atoms in total. The summed E-state index contributed by atoms with van der Waals surface area (Å²) >= 11 is 0. The summed E-state index contributed by atoms with van der Waals surface area (Å²) in [4.78, 5) is 30.5. The summed E-state index contributed by atoms with van der Waals surface area (Å²) in [5.41, 5.74) is 1.23. The highest BCUT2D eigenvalue weighted by atomic mass is 32.2. The minimum Gasteiger partial charge on any atom is -0.497 e. The highest BCUT2D eigenvalue weighted by molar-refractivity contribution is 7.89. The minimum absolute atomic E-state index is 0.0765. The number of hydrogen-bond donors (Lipinski definition) is 0. The number of likely N-dealkylation sites (tertiary alicyclic amines) is 1. The SMILES string of the molecule is CC(=O)N(C)C1CCCC(N2CCC(CCN(C)C)CC2)C1.CCCC(=O)CN(C)S(=O)(=O)c1c(C)cc(OC)cc1C. The molecule has 2 atom stereocenters. The first kappa shape index (κ1) is 37.2. The van der Waals surface area contributed by atoms with Crippen LogP contribution in [0.15, 0.2) is 17.0 Å². The Labute approximate surface area is 262 Å². The molecule has 1 aromatic rings. The molecule has 1 saturated carbocycles. The van der Waals surface area contributed by atoms with E-state index in [-0.39, 0.29) is 23.1 Å². The number of nitrogens with zero attached hydrogens (tertiary/aromatic N) is 4. The van der Waals surface area contributed by atoms with Crippen LogP contribution in [0.1, 0.15) is 82.8 Å². The van der Waals surface area contributed by atoms with Crippen LogP contribution in [0.5, 0.6) is 5.75 Å². The van der Waals surface area contributed by atoms with Crippen molar-refractivity contribution in [1.29, 1.82) is 0 Å². The molecule has 0 spiro atoms. The number of piperidine rings is 1. The van der Waals surface area contributed by atoms with E-state index in [0.717, 1.165) is 10.2 Å². The van der Waals surface area contributed by atoms with Crippen LogP contribution in [0, 0.1) is 19.8 Å². The Balaban J connectivity index is 0.000000301. The van der Waals surface area contributed by atoms with Crippen LogP contribution in [0.4, 0.5) is 0 Å². The topological polar surface area (TPSA) is 90.5 Å². The van der Waals surface area contributed by atoms with E-state index in [4.69, 9.17) is 4.74 Å². The van der Waals surface area contributed by atoms with E-state index < -0.39 is 10.0 Å². The molecule has 0 N–H and O–H groups in total. The van der Waals surface area contributed by atoms with E-state index in [1.54, 1.807) is 32.9 Å². The summed E-state index contributed by atoms with van der Waals surface area (Å²) in [6, 6.07) is 4.53. The van der Waals surface area contributed by atoms with Gasteiger partial charge in [-0.2, -0.15) is 4.31 Å². The third-order valence-electron chi connectivity index (χ3n) is 9.08. The van der Waals surface area contributed by atoms with E-state index in [1.807, 2.05) is 18.9 Å². The molecule has 3 rings (SSSR count). The van der Waals surface area contributed by atoms with Crippen LogP contribution in [-0.2, 0) is 19.6 Å². The summed E-state index contributed by atoms with van der Waals surface area (Å²) in [7, 11) is 5.61. The molecule has 43 heavy (non-hydrogen) atoms. The summed E-state index contributed by atoms with van der Waals surface area (Å²) in [6.45, 7) is 10.7. The van der Waals surface area contributed by atoms with Crippen LogP contribution in [0.25, 0.3) is 0 Å². The average molecular weight is 623 g/mol. The molecule has 1 aromatic carbocycles. The molecule has 0 aromatic heterocycles. The Morgan fingerprint density at radius 2 is 1.60 bits per heavy atom. The molecule has 2 aliphatic rings. The van der Waals surface area contributed by atoms with Gasteiger partial charge in [-0.3, -0.25) is 9.59 Å². The maximum absolute atomic E-state index is 12.6. The zero-order valence-corrected chi connectivity index (χ0v) is 29.1. The second-order valence-electron chi connectivity index (χ2n) is 12.8. The van der Waals surface area contributed by atoms with Crippen molar-refractivity contribution in [3.8, 4) is 5.75 Å². The molecule has 1 heterocycles. The van der Waals surface area contributed by atoms with Gasteiger partial charge in [-0.1, -0.05) is 6.92 Å². The van der Waals surface area contributed by atoms with E-state index in [9.17, 15) is 18.0 Å². The van der Waals surface area contributed by atoms with Crippen LogP contribution < -0.4 is 4.74 Å². The normalized spacial score (nSPS) is 20.1. The number of amides is 1. The number of aryl methyl sites for hydroxylation is 2. The number of Topliss-reactive ketones (excluding diaryl/α,β-unsaturated/α-hetero) is 1. The number of methoxy groups -OCH3 is 1. The third-order valence-corrected chi connectivity index (χ3v) is 11.2. The van der Waals surface area contributed by atoms with E-state index in [0.29, 0.717) is 41.8 Å². The molecule has 10 heteroatoms. The van der Waals surface area contributed by atoms with Crippen LogP contribution in [-0.4, -0.2) is 113 Å². The van der Waals surface area contributed by atoms with Crippen molar-refractivity contribution < 1.29 is 22.7 Å². The number of benzene rings is 1. The molecule has 1 amide bonds. The van der Waals surface area contributed by atoms with Gasteiger partial charge in [0.05, 0.1) is 18.6 Å². The largest absolute Gasteiger partial charge is 0.497 e. The number of hydrogen-bond acceptors (Lipinski definition) is 7. The molecular weight excluding hydrogens is 564 g/mol. The predicted octanol–water partition coefficient (Wildman–Crippen LogP) is 4.74. The molecule has 2 fully saturated rings. The summed E-state index contributed by atoms with van der Waals surface area (Å²) in [6.07, 6.45) is 10.1. The fourth-order valence-electron chi connectivity index (χ4n) is 6.41. The molecule has 246 valence electrons. The number of rotatable bonds is 12. The lowest BCUT2D eigenvalue weighted by atomic mass is 9.86. The van der Waals surface area contributed by atoms with Crippen LogP contribution in [0.2, 0.25) is 0 Å². The summed E-state index contributed by atoms with van der Waals surface area (Å²) in [5.74, 6) is 1.67. The number of ketones is 1. The molecule has 1 aliphatic carbocycles. The molecule has 0 bridgehead atoms. The van der Waals surface area contributed by atoms with Gasteiger partial charge in [-0.25, -0.2) is 8.42 Å². The van der Waals surface area contributed by atoms with Gasteiger partial charge >= 0.3 is 0 Å². The Bertz CT molecular complexity index is 1120. The standard InChI is InChI=1S/C18H35N3O.C15H23NO4S/c1-15(22)20(4)17-6-5-7-18(14-17)21-12-9-16(10-13-21)8-11-19(2)3;1-6-7-13(17)10-16(4)21(18,19)15-11(2)8-14(20-5)9-12(15)3/h16-18H,5-14H2,1-4H3;8-9H,6-7,10H2,1-5H3. The number of carbonyl (C=O) groups is 2. The lowest BCUT2D eigenvalue weighted by molar-refractivity contribution is -0.130.